The number of carbonyl (C=O) groups excluding carboxylic acids is 1. The Morgan fingerprint density at radius 1 is 1.36 bits per heavy atom. The maximum Gasteiger partial charge on any atom is 0.273 e. The van der Waals surface area contributed by atoms with E-state index in [2.05, 4.69) is 20.2 Å². The molecule has 1 aliphatic rings. The summed E-state index contributed by atoms with van der Waals surface area (Å²) >= 11 is 1.26. The first-order valence-corrected chi connectivity index (χ1v) is 9.57. The molecule has 3 aromatic rings. The molecular formula is C18H18FN5O3S. The van der Waals surface area contributed by atoms with Crippen LogP contribution in [0.4, 0.5) is 15.2 Å². The number of anilines is 2. The van der Waals surface area contributed by atoms with Crippen LogP contribution >= 0.6 is 11.3 Å². The molecule has 0 spiro atoms. The summed E-state index contributed by atoms with van der Waals surface area (Å²) in [5.74, 6) is -0.878. The number of aromatic nitrogens is 3. The number of carbonyl (C=O) groups is 1. The second-order valence-corrected chi connectivity index (χ2v) is 7.41. The molecule has 8 nitrogen and oxygen atoms in total. The van der Waals surface area contributed by atoms with Crippen LogP contribution in [0.3, 0.4) is 0 Å². The van der Waals surface area contributed by atoms with Crippen molar-refractivity contribution in [3.05, 3.63) is 46.3 Å². The number of benzene rings is 1. The number of hydrogen-bond acceptors (Lipinski definition) is 7. The van der Waals surface area contributed by atoms with E-state index in [0.717, 1.165) is 10.7 Å². The summed E-state index contributed by atoms with van der Waals surface area (Å²) in [6.45, 7) is 4.20. The number of fused-ring (bicyclic) bond motifs is 1. The highest BCUT2D eigenvalue weighted by Crippen LogP contribution is 2.25. The fourth-order valence-corrected chi connectivity index (χ4v) is 3.93. The summed E-state index contributed by atoms with van der Waals surface area (Å²) in [6.07, 6.45) is 1.31. The van der Waals surface area contributed by atoms with E-state index in [1.54, 1.807) is 13.0 Å². The van der Waals surface area contributed by atoms with Gasteiger partial charge < -0.3 is 15.0 Å². The van der Waals surface area contributed by atoms with E-state index >= 15 is 0 Å². The molecule has 1 amide bonds. The number of aryl methyl sites for hydroxylation is 1. The molecule has 1 fully saturated rings. The lowest BCUT2D eigenvalue weighted by Gasteiger charge is -2.25. The number of thiazole rings is 1. The molecule has 3 heterocycles. The van der Waals surface area contributed by atoms with Crippen molar-refractivity contribution in [2.45, 2.75) is 13.5 Å². The van der Waals surface area contributed by atoms with Crippen molar-refractivity contribution in [3.63, 3.8) is 0 Å². The Hall–Kier alpha value is -2.85. The topological polar surface area (TPSA) is 89.3 Å². The second kappa shape index (κ2) is 7.64. The molecule has 1 aliphatic heterocycles. The van der Waals surface area contributed by atoms with Crippen LogP contribution in [0.2, 0.25) is 0 Å². The van der Waals surface area contributed by atoms with Gasteiger partial charge in [0.25, 0.3) is 5.56 Å². The van der Waals surface area contributed by atoms with Crippen molar-refractivity contribution in [1.29, 1.82) is 0 Å². The number of rotatable bonds is 4. The second-order valence-electron chi connectivity index (χ2n) is 6.43. The van der Waals surface area contributed by atoms with Crippen molar-refractivity contribution < 1.29 is 13.9 Å². The van der Waals surface area contributed by atoms with E-state index in [1.807, 2.05) is 0 Å². The molecule has 1 N–H and O–H groups in total. The van der Waals surface area contributed by atoms with Gasteiger partial charge in [-0.2, -0.15) is 4.98 Å². The molecule has 1 saturated heterocycles. The van der Waals surface area contributed by atoms with E-state index in [1.165, 1.54) is 34.4 Å². The number of morpholine rings is 1. The quantitative estimate of drug-likeness (QED) is 0.714. The third-order valence-corrected chi connectivity index (χ3v) is 5.54. The molecule has 4 rings (SSSR count). The normalized spacial score (nSPS) is 14.4. The Morgan fingerprint density at radius 3 is 2.93 bits per heavy atom. The Morgan fingerprint density at radius 2 is 2.14 bits per heavy atom. The molecule has 146 valence electrons. The molecule has 0 bridgehead atoms. The highest BCUT2D eigenvalue weighted by atomic mass is 32.1. The Labute approximate surface area is 163 Å². The van der Waals surface area contributed by atoms with Gasteiger partial charge in [0.2, 0.25) is 5.91 Å². The van der Waals surface area contributed by atoms with E-state index in [0.29, 0.717) is 42.3 Å². The Balaban J connectivity index is 1.55. The van der Waals surface area contributed by atoms with Crippen molar-refractivity contribution in [1.82, 2.24) is 14.5 Å². The van der Waals surface area contributed by atoms with Crippen molar-refractivity contribution in [2.75, 3.05) is 36.5 Å². The van der Waals surface area contributed by atoms with Crippen LogP contribution in [-0.4, -0.2) is 46.7 Å². The zero-order chi connectivity index (χ0) is 19.7. The largest absolute Gasteiger partial charge is 0.378 e. The fraction of sp³-hybridized carbons (Fsp3) is 0.333. The molecule has 0 aliphatic carbocycles. The number of halogens is 1. The van der Waals surface area contributed by atoms with Gasteiger partial charge in [-0.3, -0.25) is 14.2 Å². The van der Waals surface area contributed by atoms with Crippen LogP contribution in [0.25, 0.3) is 10.3 Å². The minimum atomic E-state index is -0.443. The molecule has 10 heteroatoms. The third-order valence-electron chi connectivity index (χ3n) is 4.44. The van der Waals surface area contributed by atoms with E-state index < -0.39 is 11.7 Å². The van der Waals surface area contributed by atoms with Gasteiger partial charge in [-0.15, -0.1) is 0 Å². The van der Waals surface area contributed by atoms with Gasteiger partial charge in [0.1, 0.15) is 23.4 Å². The predicted molar refractivity (Wildman–Crippen MR) is 104 cm³/mol. The molecule has 0 atom stereocenters. The van der Waals surface area contributed by atoms with Crippen LogP contribution in [0, 0.1) is 12.7 Å². The Kier molecular flexibility index (Phi) is 5.05. The first-order valence-electron chi connectivity index (χ1n) is 8.76. The standard InChI is InChI=1S/C18H18FN5O3S/c1-11-2-3-12(19)8-13(11)21-14(25)9-24-10-20-16-15(17(24)26)28-18(22-16)23-4-6-27-7-5-23/h2-3,8,10H,4-7,9H2,1H3,(H,21,25). The van der Waals surface area contributed by atoms with Crippen LogP contribution in [0.5, 0.6) is 0 Å². The molecule has 28 heavy (non-hydrogen) atoms. The van der Waals surface area contributed by atoms with Crippen LogP contribution in [0.1, 0.15) is 5.56 Å². The van der Waals surface area contributed by atoms with Crippen molar-refractivity contribution >= 4 is 38.4 Å². The first kappa shape index (κ1) is 18.5. The van der Waals surface area contributed by atoms with Gasteiger partial charge in [0, 0.05) is 18.8 Å². The molecule has 1 aromatic carbocycles. The molecule has 0 unspecified atom stereocenters. The zero-order valence-corrected chi connectivity index (χ0v) is 16.0. The molecular weight excluding hydrogens is 385 g/mol. The van der Waals surface area contributed by atoms with Crippen molar-refractivity contribution in [3.8, 4) is 0 Å². The summed E-state index contributed by atoms with van der Waals surface area (Å²) in [5, 5.41) is 3.35. The zero-order valence-electron chi connectivity index (χ0n) is 15.1. The number of hydrogen-bond donors (Lipinski definition) is 1. The molecule has 2 aromatic heterocycles. The molecule has 0 saturated carbocycles. The lowest BCUT2D eigenvalue weighted by Crippen LogP contribution is -2.36. The van der Waals surface area contributed by atoms with Crippen LogP contribution in [0.15, 0.2) is 29.3 Å². The van der Waals surface area contributed by atoms with E-state index in [-0.39, 0.29) is 12.1 Å². The summed E-state index contributed by atoms with van der Waals surface area (Å²) in [5.41, 5.74) is 1.15. The van der Waals surface area contributed by atoms with Gasteiger partial charge in [-0.1, -0.05) is 17.4 Å². The van der Waals surface area contributed by atoms with E-state index in [9.17, 15) is 14.0 Å². The minimum Gasteiger partial charge on any atom is -0.378 e. The summed E-state index contributed by atoms with van der Waals surface area (Å²) in [7, 11) is 0. The third kappa shape index (κ3) is 3.73. The predicted octanol–water partition coefficient (Wildman–Crippen LogP) is 1.78. The van der Waals surface area contributed by atoms with Crippen LogP contribution in [-0.2, 0) is 16.1 Å². The lowest BCUT2D eigenvalue weighted by atomic mass is 10.2. The average molecular weight is 403 g/mol. The maximum atomic E-state index is 13.4. The van der Waals surface area contributed by atoms with Gasteiger partial charge in [-0.05, 0) is 24.6 Å². The van der Waals surface area contributed by atoms with Gasteiger partial charge >= 0.3 is 0 Å². The van der Waals surface area contributed by atoms with E-state index in [4.69, 9.17) is 4.74 Å². The van der Waals surface area contributed by atoms with Gasteiger partial charge in [0.05, 0.1) is 13.2 Å². The SMILES string of the molecule is Cc1ccc(F)cc1NC(=O)Cn1cnc2nc(N3CCOCC3)sc2c1=O. The summed E-state index contributed by atoms with van der Waals surface area (Å²) in [6, 6.07) is 4.15. The monoisotopic (exact) mass is 403 g/mol. The number of nitrogens with zero attached hydrogens (tertiary/aromatic N) is 4. The first-order chi connectivity index (χ1) is 13.5. The molecule has 0 radical (unpaired) electrons. The summed E-state index contributed by atoms with van der Waals surface area (Å²) in [4.78, 5) is 35.8. The number of nitrogens with one attached hydrogen (secondary N) is 1. The fourth-order valence-electron chi connectivity index (χ4n) is 2.91. The number of amides is 1. The van der Waals surface area contributed by atoms with Gasteiger partial charge in [-0.25, -0.2) is 9.37 Å². The number of ether oxygens (including phenoxy) is 1. The highest BCUT2D eigenvalue weighted by Gasteiger charge is 2.18. The minimum absolute atomic E-state index is 0.220. The Bertz CT molecular complexity index is 1090. The van der Waals surface area contributed by atoms with Gasteiger partial charge in [0.15, 0.2) is 10.8 Å². The smallest absolute Gasteiger partial charge is 0.273 e. The maximum absolute atomic E-state index is 13.4. The highest BCUT2D eigenvalue weighted by molar-refractivity contribution is 7.22. The van der Waals surface area contributed by atoms with Crippen molar-refractivity contribution in [2.24, 2.45) is 0 Å². The summed E-state index contributed by atoms with van der Waals surface area (Å²) < 4.78 is 20.3. The average Bonchev–Trinajstić information content (AvgIpc) is 3.13. The lowest BCUT2D eigenvalue weighted by molar-refractivity contribution is -0.116. The van der Waals surface area contributed by atoms with Crippen LogP contribution < -0.4 is 15.8 Å².